The summed E-state index contributed by atoms with van der Waals surface area (Å²) >= 11 is 0. The Kier molecular flexibility index (Phi) is 5.91. The average molecular weight is 266 g/mol. The molecule has 1 aliphatic carbocycles. The molecule has 1 rings (SSSR count). The third-order valence-corrected chi connectivity index (χ3v) is 3.16. The number of hydrogen-bond donors (Lipinski definition) is 1. The fourth-order valence-electron chi connectivity index (χ4n) is 2.16. The van der Waals surface area contributed by atoms with Gasteiger partial charge in [-0.1, -0.05) is 19.3 Å². The fourth-order valence-corrected chi connectivity index (χ4v) is 2.16. The first-order valence-electron chi connectivity index (χ1n) is 6.41. The molecule has 1 amide bonds. The lowest BCUT2D eigenvalue weighted by atomic mass is 9.95. The molecule has 0 aromatic heterocycles. The van der Waals surface area contributed by atoms with Crippen molar-refractivity contribution in [2.45, 2.75) is 50.7 Å². The second-order valence-corrected chi connectivity index (χ2v) is 5.01. The van der Waals surface area contributed by atoms with Crippen LogP contribution in [0.15, 0.2) is 0 Å². The molecule has 1 N–H and O–H groups in total. The van der Waals surface area contributed by atoms with Crippen molar-refractivity contribution in [1.82, 2.24) is 10.2 Å². The molecule has 6 heteroatoms. The van der Waals surface area contributed by atoms with Gasteiger partial charge in [-0.2, -0.15) is 13.2 Å². The van der Waals surface area contributed by atoms with Crippen molar-refractivity contribution in [2.24, 2.45) is 0 Å². The van der Waals surface area contributed by atoms with Gasteiger partial charge in [-0.15, -0.1) is 0 Å². The normalized spacial score (nSPS) is 18.1. The van der Waals surface area contributed by atoms with Crippen LogP contribution in [0, 0.1) is 0 Å². The van der Waals surface area contributed by atoms with E-state index in [9.17, 15) is 18.0 Å². The summed E-state index contributed by atoms with van der Waals surface area (Å²) in [6.45, 7) is -0.103. The lowest BCUT2D eigenvalue weighted by molar-refractivity contribution is -0.139. The van der Waals surface area contributed by atoms with Crippen molar-refractivity contribution in [1.29, 1.82) is 0 Å². The minimum atomic E-state index is -4.16. The maximum Gasteiger partial charge on any atom is 0.390 e. The Morgan fingerprint density at radius 3 is 2.44 bits per heavy atom. The molecule has 0 unspecified atom stereocenters. The quantitative estimate of drug-likeness (QED) is 0.828. The molecule has 0 radical (unpaired) electrons. The number of carbonyl (C=O) groups excluding carboxylic acids is 1. The van der Waals surface area contributed by atoms with Crippen molar-refractivity contribution in [2.75, 3.05) is 20.1 Å². The van der Waals surface area contributed by atoms with Crippen LogP contribution in [0.3, 0.4) is 0 Å². The summed E-state index contributed by atoms with van der Waals surface area (Å²) in [6, 6.07) is 0.210. The molecule has 0 bridgehead atoms. The molecule has 3 nitrogen and oxygen atoms in total. The average Bonchev–Trinajstić information content (AvgIpc) is 2.26. The molecular weight excluding hydrogens is 245 g/mol. The second-order valence-electron chi connectivity index (χ2n) is 5.01. The molecule has 1 saturated carbocycles. The second kappa shape index (κ2) is 6.97. The van der Waals surface area contributed by atoms with E-state index in [4.69, 9.17) is 0 Å². The molecule has 18 heavy (non-hydrogen) atoms. The molecule has 0 aromatic carbocycles. The Morgan fingerprint density at radius 2 is 1.89 bits per heavy atom. The maximum atomic E-state index is 12.0. The molecule has 0 atom stereocenters. The van der Waals surface area contributed by atoms with Gasteiger partial charge < -0.3 is 5.32 Å². The van der Waals surface area contributed by atoms with E-state index < -0.39 is 12.6 Å². The summed E-state index contributed by atoms with van der Waals surface area (Å²) in [5, 5.41) is 2.89. The Bertz CT molecular complexity index is 263. The van der Waals surface area contributed by atoms with Crippen LogP contribution in [-0.4, -0.2) is 43.2 Å². The topological polar surface area (TPSA) is 32.3 Å². The highest BCUT2D eigenvalue weighted by molar-refractivity contribution is 5.78. The summed E-state index contributed by atoms with van der Waals surface area (Å²) in [6.07, 6.45) is 0.381. The van der Waals surface area contributed by atoms with Crippen molar-refractivity contribution in [3.63, 3.8) is 0 Å². The Hall–Kier alpha value is -0.780. The van der Waals surface area contributed by atoms with E-state index in [0.29, 0.717) is 0 Å². The fraction of sp³-hybridized carbons (Fsp3) is 0.917. The first-order chi connectivity index (χ1) is 8.37. The molecule has 0 heterocycles. The monoisotopic (exact) mass is 266 g/mol. The number of amides is 1. The van der Waals surface area contributed by atoms with E-state index in [1.54, 1.807) is 0 Å². The number of rotatable bonds is 5. The van der Waals surface area contributed by atoms with E-state index in [1.165, 1.54) is 18.4 Å². The smallest absolute Gasteiger partial charge is 0.352 e. The van der Waals surface area contributed by atoms with Gasteiger partial charge in [0.25, 0.3) is 0 Å². The zero-order chi connectivity index (χ0) is 13.6. The number of nitrogens with one attached hydrogen (secondary N) is 1. The van der Waals surface area contributed by atoms with Crippen LogP contribution in [0.5, 0.6) is 0 Å². The number of hydrogen-bond acceptors (Lipinski definition) is 2. The third-order valence-electron chi connectivity index (χ3n) is 3.16. The minimum absolute atomic E-state index is 0.0343. The van der Waals surface area contributed by atoms with Gasteiger partial charge in [0.05, 0.1) is 13.0 Å². The van der Waals surface area contributed by atoms with Crippen LogP contribution < -0.4 is 5.32 Å². The summed E-state index contributed by atoms with van der Waals surface area (Å²) in [5.74, 6) is -0.174. The standard InChI is InChI=1S/C12H21F3N2O/c1-17(8-7-12(13,14)15)9-11(18)16-10-5-3-2-4-6-10/h10H,2-9H2,1H3,(H,16,18). The van der Waals surface area contributed by atoms with Gasteiger partial charge in [0, 0.05) is 12.6 Å². The summed E-state index contributed by atoms with van der Waals surface area (Å²) < 4.78 is 36.0. The zero-order valence-electron chi connectivity index (χ0n) is 10.7. The largest absolute Gasteiger partial charge is 0.390 e. The lowest BCUT2D eigenvalue weighted by Gasteiger charge is -2.24. The van der Waals surface area contributed by atoms with Gasteiger partial charge in [-0.25, -0.2) is 0 Å². The van der Waals surface area contributed by atoms with E-state index >= 15 is 0 Å². The number of halogens is 3. The molecule has 0 aliphatic heterocycles. The molecule has 1 fully saturated rings. The third kappa shape index (κ3) is 6.83. The van der Waals surface area contributed by atoms with Gasteiger partial charge in [-0.3, -0.25) is 9.69 Å². The summed E-state index contributed by atoms with van der Waals surface area (Å²) in [4.78, 5) is 13.0. The highest BCUT2D eigenvalue weighted by atomic mass is 19.4. The SMILES string of the molecule is CN(CCC(F)(F)F)CC(=O)NC1CCCCC1. The van der Waals surface area contributed by atoms with Crippen LogP contribution in [0.4, 0.5) is 13.2 Å². The van der Waals surface area contributed by atoms with Crippen LogP contribution in [0.25, 0.3) is 0 Å². The Balaban J connectivity index is 2.18. The predicted octanol–water partition coefficient (Wildman–Crippen LogP) is 2.32. The lowest BCUT2D eigenvalue weighted by Crippen LogP contribution is -2.42. The molecule has 0 spiro atoms. The van der Waals surface area contributed by atoms with Gasteiger partial charge in [0.1, 0.15) is 0 Å². The van der Waals surface area contributed by atoms with Crippen LogP contribution in [0.1, 0.15) is 38.5 Å². The van der Waals surface area contributed by atoms with Gasteiger partial charge >= 0.3 is 6.18 Å². The minimum Gasteiger partial charge on any atom is -0.352 e. The van der Waals surface area contributed by atoms with Gasteiger partial charge in [-0.05, 0) is 19.9 Å². The molecule has 1 aliphatic rings. The van der Waals surface area contributed by atoms with E-state index in [0.717, 1.165) is 25.7 Å². The van der Waals surface area contributed by atoms with Crippen LogP contribution in [0.2, 0.25) is 0 Å². The maximum absolute atomic E-state index is 12.0. The van der Waals surface area contributed by atoms with E-state index in [-0.39, 0.29) is 25.0 Å². The van der Waals surface area contributed by atoms with Crippen molar-refractivity contribution >= 4 is 5.91 Å². The number of alkyl halides is 3. The molecular formula is C12H21F3N2O. The van der Waals surface area contributed by atoms with E-state index in [2.05, 4.69) is 5.32 Å². The van der Waals surface area contributed by atoms with Crippen LogP contribution >= 0.6 is 0 Å². The Labute approximate surface area is 106 Å². The van der Waals surface area contributed by atoms with Gasteiger partial charge in [0.15, 0.2) is 0 Å². The molecule has 0 saturated heterocycles. The first-order valence-corrected chi connectivity index (χ1v) is 6.41. The van der Waals surface area contributed by atoms with Crippen LogP contribution in [-0.2, 0) is 4.79 Å². The molecule has 106 valence electrons. The van der Waals surface area contributed by atoms with Crippen molar-refractivity contribution < 1.29 is 18.0 Å². The van der Waals surface area contributed by atoms with Crippen molar-refractivity contribution in [3.05, 3.63) is 0 Å². The molecule has 0 aromatic rings. The van der Waals surface area contributed by atoms with E-state index in [1.807, 2.05) is 0 Å². The predicted molar refractivity (Wildman–Crippen MR) is 63.2 cm³/mol. The number of nitrogens with zero attached hydrogens (tertiary/aromatic N) is 1. The summed E-state index contributed by atoms with van der Waals surface area (Å²) in [7, 11) is 1.53. The highest BCUT2D eigenvalue weighted by Gasteiger charge is 2.27. The number of carbonyl (C=O) groups is 1. The zero-order valence-corrected chi connectivity index (χ0v) is 10.7. The van der Waals surface area contributed by atoms with Crippen molar-refractivity contribution in [3.8, 4) is 0 Å². The number of likely N-dealkylation sites (N-methyl/N-ethyl adjacent to an activating group) is 1. The Morgan fingerprint density at radius 1 is 1.28 bits per heavy atom. The summed E-state index contributed by atoms with van der Waals surface area (Å²) in [5.41, 5.74) is 0. The highest BCUT2D eigenvalue weighted by Crippen LogP contribution is 2.19. The first kappa shape index (κ1) is 15.3. The van der Waals surface area contributed by atoms with Gasteiger partial charge in [0.2, 0.25) is 5.91 Å².